The van der Waals surface area contributed by atoms with Gasteiger partial charge >= 0.3 is 5.97 Å². The van der Waals surface area contributed by atoms with E-state index in [1.54, 1.807) is 0 Å². The first-order valence-electron chi connectivity index (χ1n) is 5.26. The van der Waals surface area contributed by atoms with Gasteiger partial charge in [-0.15, -0.1) is 0 Å². The number of carbonyl (C=O) groups excluding carboxylic acids is 1. The summed E-state index contributed by atoms with van der Waals surface area (Å²) in [5, 5.41) is 12.2. The zero-order valence-electron chi connectivity index (χ0n) is 9.05. The molecule has 1 heterocycles. The van der Waals surface area contributed by atoms with Crippen molar-refractivity contribution in [3.63, 3.8) is 0 Å². The van der Waals surface area contributed by atoms with Gasteiger partial charge in [0.1, 0.15) is 0 Å². The first kappa shape index (κ1) is 11.9. The number of hydrogen-bond acceptors (Lipinski definition) is 4. The van der Waals surface area contributed by atoms with Crippen molar-refractivity contribution in [2.45, 2.75) is 23.9 Å². The molecule has 17 heavy (non-hydrogen) atoms. The molecular formula is C11H12N2O3S. The van der Waals surface area contributed by atoms with Crippen LogP contribution in [0, 0.1) is 0 Å². The van der Waals surface area contributed by atoms with Crippen molar-refractivity contribution in [2.24, 2.45) is 0 Å². The third kappa shape index (κ3) is 3.74. The quantitative estimate of drug-likeness (QED) is 0.768. The molecule has 0 atom stereocenters. The van der Waals surface area contributed by atoms with Gasteiger partial charge in [0.05, 0.1) is 16.3 Å². The Labute approximate surface area is 103 Å². The van der Waals surface area contributed by atoms with E-state index in [1.807, 2.05) is 0 Å². The Morgan fingerprint density at radius 3 is 2.94 bits per heavy atom. The minimum Gasteiger partial charge on any atom is -0.478 e. The van der Waals surface area contributed by atoms with Gasteiger partial charge < -0.3 is 10.4 Å². The SMILES string of the molecule is O=C(CSc1cc(C(=O)O)ccn1)NC1CC1. The summed E-state index contributed by atoms with van der Waals surface area (Å²) < 4.78 is 0. The second kappa shape index (κ2) is 5.18. The molecule has 0 aliphatic heterocycles. The zero-order chi connectivity index (χ0) is 12.3. The molecule has 1 aliphatic carbocycles. The third-order valence-electron chi connectivity index (χ3n) is 2.28. The van der Waals surface area contributed by atoms with Crippen LogP contribution in [0.15, 0.2) is 23.4 Å². The van der Waals surface area contributed by atoms with Gasteiger partial charge in [-0.2, -0.15) is 0 Å². The van der Waals surface area contributed by atoms with E-state index in [-0.39, 0.29) is 17.2 Å². The molecule has 5 nitrogen and oxygen atoms in total. The molecule has 0 aromatic carbocycles. The number of hydrogen-bond donors (Lipinski definition) is 2. The van der Waals surface area contributed by atoms with Gasteiger partial charge in [0.15, 0.2) is 0 Å². The van der Waals surface area contributed by atoms with Crippen LogP contribution in [0.3, 0.4) is 0 Å². The number of thioether (sulfide) groups is 1. The van der Waals surface area contributed by atoms with Gasteiger partial charge in [0, 0.05) is 12.2 Å². The molecule has 0 spiro atoms. The molecule has 1 aromatic rings. The van der Waals surface area contributed by atoms with E-state index >= 15 is 0 Å². The highest BCUT2D eigenvalue weighted by Gasteiger charge is 2.23. The van der Waals surface area contributed by atoms with E-state index in [2.05, 4.69) is 10.3 Å². The van der Waals surface area contributed by atoms with Gasteiger partial charge in [0.25, 0.3) is 0 Å². The lowest BCUT2D eigenvalue weighted by Crippen LogP contribution is -2.27. The first-order chi connectivity index (χ1) is 8.15. The van der Waals surface area contributed by atoms with Gasteiger partial charge in [-0.1, -0.05) is 11.8 Å². The Balaban J connectivity index is 1.87. The van der Waals surface area contributed by atoms with Gasteiger partial charge in [-0.05, 0) is 25.0 Å². The van der Waals surface area contributed by atoms with Gasteiger partial charge in [-0.3, -0.25) is 4.79 Å². The Morgan fingerprint density at radius 1 is 1.53 bits per heavy atom. The molecular weight excluding hydrogens is 240 g/mol. The number of carboxylic acid groups (broad SMARTS) is 1. The predicted octanol–water partition coefficient (Wildman–Crippen LogP) is 1.15. The Kier molecular flexibility index (Phi) is 3.63. The highest BCUT2D eigenvalue weighted by molar-refractivity contribution is 7.99. The number of nitrogens with one attached hydrogen (secondary N) is 1. The lowest BCUT2D eigenvalue weighted by molar-refractivity contribution is -0.118. The van der Waals surface area contributed by atoms with Crippen LogP contribution in [0.5, 0.6) is 0 Å². The molecule has 1 aromatic heterocycles. The Hall–Kier alpha value is -1.56. The molecule has 2 N–H and O–H groups in total. The van der Waals surface area contributed by atoms with Gasteiger partial charge in [-0.25, -0.2) is 9.78 Å². The molecule has 1 aliphatic rings. The van der Waals surface area contributed by atoms with Crippen molar-refractivity contribution in [1.82, 2.24) is 10.3 Å². The van der Waals surface area contributed by atoms with Crippen LogP contribution in [0.25, 0.3) is 0 Å². The molecule has 1 fully saturated rings. The molecule has 0 saturated heterocycles. The minimum absolute atomic E-state index is 0.0278. The molecule has 0 bridgehead atoms. The van der Waals surface area contributed by atoms with Crippen LogP contribution in [0.4, 0.5) is 0 Å². The Morgan fingerprint density at radius 2 is 2.29 bits per heavy atom. The summed E-state index contributed by atoms with van der Waals surface area (Å²) in [4.78, 5) is 26.1. The van der Waals surface area contributed by atoms with Crippen molar-refractivity contribution in [3.05, 3.63) is 23.9 Å². The smallest absolute Gasteiger partial charge is 0.335 e. The van der Waals surface area contributed by atoms with Crippen molar-refractivity contribution < 1.29 is 14.7 Å². The van der Waals surface area contributed by atoms with E-state index < -0.39 is 5.97 Å². The minimum atomic E-state index is -0.989. The average Bonchev–Trinajstić information content (AvgIpc) is 3.11. The maximum atomic E-state index is 11.4. The fraction of sp³-hybridized carbons (Fsp3) is 0.364. The topological polar surface area (TPSA) is 79.3 Å². The number of aromatic carboxylic acids is 1. The normalized spacial score (nSPS) is 14.4. The maximum Gasteiger partial charge on any atom is 0.335 e. The summed E-state index contributed by atoms with van der Waals surface area (Å²) in [5.41, 5.74) is 0.185. The number of amides is 1. The Bertz CT molecular complexity index is 446. The van der Waals surface area contributed by atoms with E-state index in [1.165, 1.54) is 30.1 Å². The van der Waals surface area contributed by atoms with Crippen LogP contribution in [0.2, 0.25) is 0 Å². The van der Waals surface area contributed by atoms with E-state index in [4.69, 9.17) is 5.11 Å². The average molecular weight is 252 g/mol. The van der Waals surface area contributed by atoms with Crippen molar-refractivity contribution in [2.75, 3.05) is 5.75 Å². The molecule has 90 valence electrons. The summed E-state index contributed by atoms with van der Waals surface area (Å²) in [6, 6.07) is 3.25. The van der Waals surface area contributed by atoms with E-state index in [0.29, 0.717) is 11.1 Å². The number of carbonyl (C=O) groups is 2. The summed E-state index contributed by atoms with van der Waals surface area (Å²) in [6.07, 6.45) is 3.55. The van der Waals surface area contributed by atoms with Crippen LogP contribution in [-0.2, 0) is 4.79 Å². The fourth-order valence-electron chi connectivity index (χ4n) is 1.26. The molecule has 1 saturated carbocycles. The van der Waals surface area contributed by atoms with Crippen LogP contribution in [-0.4, -0.2) is 33.8 Å². The van der Waals surface area contributed by atoms with Crippen molar-refractivity contribution in [1.29, 1.82) is 0 Å². The zero-order valence-corrected chi connectivity index (χ0v) is 9.87. The lowest BCUT2D eigenvalue weighted by atomic mass is 10.3. The molecule has 0 radical (unpaired) electrons. The number of aromatic nitrogens is 1. The first-order valence-corrected chi connectivity index (χ1v) is 6.25. The fourth-order valence-corrected chi connectivity index (χ4v) is 1.97. The van der Waals surface area contributed by atoms with Crippen molar-refractivity contribution in [3.8, 4) is 0 Å². The molecule has 6 heteroatoms. The molecule has 1 amide bonds. The van der Waals surface area contributed by atoms with E-state index in [0.717, 1.165) is 12.8 Å². The van der Waals surface area contributed by atoms with Crippen LogP contribution >= 0.6 is 11.8 Å². The number of rotatable bonds is 5. The number of pyridine rings is 1. The number of carboxylic acids is 1. The maximum absolute atomic E-state index is 11.4. The standard InChI is InChI=1S/C11H12N2O3S/c14-9(13-8-1-2-8)6-17-10-5-7(11(15)16)3-4-12-10/h3-5,8H,1-2,6H2,(H,13,14)(H,15,16). The largest absolute Gasteiger partial charge is 0.478 e. The van der Waals surface area contributed by atoms with Crippen LogP contribution < -0.4 is 5.32 Å². The molecule has 2 rings (SSSR count). The number of nitrogens with zero attached hydrogens (tertiary/aromatic N) is 1. The summed E-state index contributed by atoms with van der Waals surface area (Å²) >= 11 is 1.24. The summed E-state index contributed by atoms with van der Waals surface area (Å²) in [5.74, 6) is -0.747. The van der Waals surface area contributed by atoms with Crippen molar-refractivity contribution >= 4 is 23.6 Å². The van der Waals surface area contributed by atoms with E-state index in [9.17, 15) is 9.59 Å². The third-order valence-corrected chi connectivity index (χ3v) is 3.20. The second-order valence-corrected chi connectivity index (χ2v) is 4.81. The van der Waals surface area contributed by atoms with Gasteiger partial charge in [0.2, 0.25) is 5.91 Å². The highest BCUT2D eigenvalue weighted by Crippen LogP contribution is 2.20. The molecule has 0 unspecified atom stereocenters. The highest BCUT2D eigenvalue weighted by atomic mass is 32.2. The predicted molar refractivity (Wildman–Crippen MR) is 63.1 cm³/mol. The van der Waals surface area contributed by atoms with Crippen LogP contribution in [0.1, 0.15) is 23.2 Å². The monoisotopic (exact) mass is 252 g/mol. The summed E-state index contributed by atoms with van der Waals surface area (Å²) in [6.45, 7) is 0. The lowest BCUT2D eigenvalue weighted by Gasteiger charge is -2.03. The summed E-state index contributed by atoms with van der Waals surface area (Å²) in [7, 11) is 0. The second-order valence-electron chi connectivity index (χ2n) is 3.82.